The SMILES string of the molecule is CNCCC(O)C(O)c1ccc2c(C=O)c[nH]c2c1. The predicted octanol–water partition coefficient (Wildman–Crippen LogP) is 0.984. The third-order valence-corrected chi connectivity index (χ3v) is 3.26. The summed E-state index contributed by atoms with van der Waals surface area (Å²) in [6.45, 7) is 0.637. The Morgan fingerprint density at radius 3 is 2.89 bits per heavy atom. The van der Waals surface area contributed by atoms with E-state index in [4.69, 9.17) is 0 Å². The van der Waals surface area contributed by atoms with Crippen molar-refractivity contribution in [2.75, 3.05) is 13.6 Å². The Kier molecular flexibility index (Phi) is 4.31. The van der Waals surface area contributed by atoms with Crippen LogP contribution < -0.4 is 5.32 Å². The first-order valence-electron chi connectivity index (χ1n) is 6.24. The second kappa shape index (κ2) is 5.97. The minimum atomic E-state index is -0.930. The molecule has 0 saturated heterocycles. The smallest absolute Gasteiger partial charge is 0.152 e. The molecule has 2 rings (SSSR count). The lowest BCUT2D eigenvalue weighted by molar-refractivity contribution is 0.0141. The molecule has 0 radical (unpaired) electrons. The average molecular weight is 262 g/mol. The second-order valence-electron chi connectivity index (χ2n) is 4.57. The number of hydrogen-bond acceptors (Lipinski definition) is 4. The van der Waals surface area contributed by atoms with E-state index in [1.54, 1.807) is 31.4 Å². The number of H-pyrrole nitrogens is 1. The monoisotopic (exact) mass is 262 g/mol. The highest BCUT2D eigenvalue weighted by atomic mass is 16.3. The highest BCUT2D eigenvalue weighted by molar-refractivity contribution is 5.97. The molecule has 0 aliphatic heterocycles. The zero-order valence-electron chi connectivity index (χ0n) is 10.8. The van der Waals surface area contributed by atoms with Crippen molar-refractivity contribution in [3.63, 3.8) is 0 Å². The van der Waals surface area contributed by atoms with Crippen LogP contribution in [0.1, 0.15) is 28.4 Å². The molecular formula is C14H18N2O3. The Morgan fingerprint density at radius 1 is 1.42 bits per heavy atom. The molecule has 5 nitrogen and oxygen atoms in total. The van der Waals surface area contributed by atoms with Crippen LogP contribution in [0.2, 0.25) is 0 Å². The fraction of sp³-hybridized carbons (Fsp3) is 0.357. The van der Waals surface area contributed by atoms with Crippen LogP contribution in [0.5, 0.6) is 0 Å². The van der Waals surface area contributed by atoms with Gasteiger partial charge >= 0.3 is 0 Å². The summed E-state index contributed by atoms with van der Waals surface area (Å²) in [6, 6.07) is 5.27. The number of aliphatic hydroxyl groups is 2. The molecule has 2 unspecified atom stereocenters. The Hall–Kier alpha value is -1.69. The van der Waals surface area contributed by atoms with Crippen molar-refractivity contribution < 1.29 is 15.0 Å². The molecule has 1 aromatic carbocycles. The first-order chi connectivity index (χ1) is 9.17. The molecule has 4 N–H and O–H groups in total. The summed E-state index contributed by atoms with van der Waals surface area (Å²) >= 11 is 0. The largest absolute Gasteiger partial charge is 0.390 e. The van der Waals surface area contributed by atoms with Crippen LogP contribution in [0, 0.1) is 0 Å². The third kappa shape index (κ3) is 2.84. The van der Waals surface area contributed by atoms with E-state index in [2.05, 4.69) is 10.3 Å². The maximum atomic E-state index is 10.8. The van der Waals surface area contributed by atoms with Crippen LogP contribution >= 0.6 is 0 Å². The van der Waals surface area contributed by atoms with Crippen LogP contribution in [0.25, 0.3) is 10.9 Å². The first kappa shape index (κ1) is 13.7. The number of aliphatic hydroxyl groups excluding tert-OH is 2. The molecule has 0 bridgehead atoms. The van der Waals surface area contributed by atoms with Gasteiger partial charge in [-0.1, -0.05) is 12.1 Å². The van der Waals surface area contributed by atoms with Gasteiger partial charge < -0.3 is 20.5 Å². The van der Waals surface area contributed by atoms with Gasteiger partial charge in [-0.25, -0.2) is 0 Å². The minimum Gasteiger partial charge on any atom is -0.390 e. The molecule has 102 valence electrons. The van der Waals surface area contributed by atoms with E-state index >= 15 is 0 Å². The van der Waals surface area contributed by atoms with E-state index in [0.29, 0.717) is 24.1 Å². The van der Waals surface area contributed by atoms with Crippen LogP contribution in [0.3, 0.4) is 0 Å². The van der Waals surface area contributed by atoms with E-state index in [1.807, 2.05) is 0 Å². The molecule has 2 atom stereocenters. The summed E-state index contributed by atoms with van der Waals surface area (Å²) in [5, 5.41) is 23.7. The molecule has 2 aromatic rings. The Morgan fingerprint density at radius 2 is 2.21 bits per heavy atom. The number of nitrogens with one attached hydrogen (secondary N) is 2. The van der Waals surface area contributed by atoms with Crippen molar-refractivity contribution >= 4 is 17.2 Å². The summed E-state index contributed by atoms with van der Waals surface area (Å²) < 4.78 is 0. The average Bonchev–Trinajstić information content (AvgIpc) is 2.85. The number of aromatic amines is 1. The van der Waals surface area contributed by atoms with Gasteiger partial charge in [0.15, 0.2) is 6.29 Å². The summed E-state index contributed by atoms with van der Waals surface area (Å²) in [5.41, 5.74) is 2.00. The van der Waals surface area contributed by atoms with Crippen molar-refractivity contribution in [1.29, 1.82) is 0 Å². The molecular weight excluding hydrogens is 244 g/mol. The molecule has 5 heteroatoms. The van der Waals surface area contributed by atoms with E-state index in [1.165, 1.54) is 0 Å². The van der Waals surface area contributed by atoms with Gasteiger partial charge in [0, 0.05) is 22.7 Å². The van der Waals surface area contributed by atoms with Gasteiger partial charge in [-0.3, -0.25) is 4.79 Å². The van der Waals surface area contributed by atoms with Gasteiger partial charge in [0.2, 0.25) is 0 Å². The number of aromatic nitrogens is 1. The maximum Gasteiger partial charge on any atom is 0.152 e. The van der Waals surface area contributed by atoms with Gasteiger partial charge in [0.25, 0.3) is 0 Å². The zero-order chi connectivity index (χ0) is 13.8. The van der Waals surface area contributed by atoms with Crippen LogP contribution in [0.4, 0.5) is 0 Å². The normalized spacial score (nSPS) is 14.5. The maximum absolute atomic E-state index is 10.8. The Bertz CT molecular complexity index is 565. The highest BCUT2D eigenvalue weighted by Crippen LogP contribution is 2.24. The first-order valence-corrected chi connectivity index (χ1v) is 6.24. The number of benzene rings is 1. The third-order valence-electron chi connectivity index (χ3n) is 3.26. The Balaban J connectivity index is 2.23. The molecule has 0 aliphatic carbocycles. The molecule has 1 heterocycles. The lowest BCUT2D eigenvalue weighted by Crippen LogP contribution is -2.23. The molecule has 0 fully saturated rings. The van der Waals surface area contributed by atoms with E-state index < -0.39 is 12.2 Å². The van der Waals surface area contributed by atoms with E-state index in [0.717, 1.165) is 17.2 Å². The lowest BCUT2D eigenvalue weighted by atomic mass is 10.0. The fourth-order valence-electron chi connectivity index (χ4n) is 2.12. The summed E-state index contributed by atoms with van der Waals surface area (Å²) in [5.74, 6) is 0. The number of carbonyl (C=O) groups is 1. The van der Waals surface area contributed by atoms with Gasteiger partial charge in [-0.2, -0.15) is 0 Å². The highest BCUT2D eigenvalue weighted by Gasteiger charge is 2.18. The number of aldehydes is 1. The van der Waals surface area contributed by atoms with E-state index in [9.17, 15) is 15.0 Å². The van der Waals surface area contributed by atoms with Crippen LogP contribution in [0.15, 0.2) is 24.4 Å². The fourth-order valence-corrected chi connectivity index (χ4v) is 2.12. The summed E-state index contributed by atoms with van der Waals surface area (Å²) in [7, 11) is 1.80. The van der Waals surface area contributed by atoms with Gasteiger partial charge in [-0.15, -0.1) is 0 Å². The lowest BCUT2D eigenvalue weighted by Gasteiger charge is -2.18. The number of rotatable bonds is 6. The van der Waals surface area contributed by atoms with Crippen molar-refractivity contribution in [2.24, 2.45) is 0 Å². The molecule has 0 spiro atoms. The molecule has 0 amide bonds. The van der Waals surface area contributed by atoms with Crippen LogP contribution in [-0.4, -0.2) is 41.2 Å². The van der Waals surface area contributed by atoms with Crippen molar-refractivity contribution in [1.82, 2.24) is 10.3 Å². The molecule has 19 heavy (non-hydrogen) atoms. The quantitative estimate of drug-likeness (QED) is 0.585. The number of carbonyl (C=O) groups excluding carboxylic acids is 1. The number of fused-ring (bicyclic) bond motifs is 1. The standard InChI is InChI=1S/C14H18N2O3/c1-15-5-4-13(18)14(19)9-2-3-11-10(8-17)7-16-12(11)6-9/h2-3,6-8,13-16,18-19H,4-5H2,1H3. The van der Waals surface area contributed by atoms with Crippen molar-refractivity contribution in [3.05, 3.63) is 35.5 Å². The number of hydrogen-bond donors (Lipinski definition) is 4. The van der Waals surface area contributed by atoms with Gasteiger partial charge in [0.1, 0.15) is 6.10 Å². The summed E-state index contributed by atoms with van der Waals surface area (Å²) in [4.78, 5) is 13.8. The van der Waals surface area contributed by atoms with E-state index in [-0.39, 0.29) is 0 Å². The zero-order valence-corrected chi connectivity index (χ0v) is 10.8. The van der Waals surface area contributed by atoms with Crippen LogP contribution in [-0.2, 0) is 0 Å². The Labute approximate surface area is 111 Å². The summed E-state index contributed by atoms with van der Waals surface area (Å²) in [6.07, 6.45) is 1.15. The molecule has 1 aromatic heterocycles. The van der Waals surface area contributed by atoms with Gasteiger partial charge in [0.05, 0.1) is 6.10 Å². The molecule has 0 aliphatic rings. The topological polar surface area (TPSA) is 85.3 Å². The molecule has 0 saturated carbocycles. The van der Waals surface area contributed by atoms with Crippen molar-refractivity contribution in [3.8, 4) is 0 Å². The minimum absolute atomic E-state index is 0.472. The van der Waals surface area contributed by atoms with Gasteiger partial charge in [-0.05, 0) is 31.6 Å². The second-order valence-corrected chi connectivity index (χ2v) is 4.57. The predicted molar refractivity (Wildman–Crippen MR) is 73.2 cm³/mol. The van der Waals surface area contributed by atoms with Crippen molar-refractivity contribution in [2.45, 2.75) is 18.6 Å².